The molecule has 1 aliphatic heterocycles. The third kappa shape index (κ3) is 4.28. The Morgan fingerprint density at radius 3 is 2.60 bits per heavy atom. The minimum absolute atomic E-state index is 0.564. The van der Waals surface area contributed by atoms with Gasteiger partial charge in [-0.2, -0.15) is 0 Å². The van der Waals surface area contributed by atoms with Gasteiger partial charge in [-0.3, -0.25) is 9.69 Å². The van der Waals surface area contributed by atoms with E-state index in [4.69, 9.17) is 0 Å². The Hall–Kier alpha value is -2.14. The van der Waals surface area contributed by atoms with E-state index in [2.05, 4.69) is 27.0 Å². The summed E-state index contributed by atoms with van der Waals surface area (Å²) >= 11 is 0. The van der Waals surface area contributed by atoms with Gasteiger partial charge in [-0.15, -0.1) is 0 Å². The van der Waals surface area contributed by atoms with E-state index in [0.29, 0.717) is 0 Å². The maximum Gasteiger partial charge on any atom is 0.309 e. The normalized spacial score (nSPS) is 17.5. The molecule has 2 N–H and O–H groups in total. The molecule has 0 bridgehead atoms. The molecule has 0 unspecified atom stereocenters. The number of likely N-dealkylation sites (tertiary alicyclic amines) is 1. The SMILES string of the molecule is Cc1[nH]cnc1CN1CCC(CCCc2ccccc2)(C(=O)O)CC1. The highest BCUT2D eigenvalue weighted by Crippen LogP contribution is 2.37. The molecular weight excluding hydrogens is 314 g/mol. The summed E-state index contributed by atoms with van der Waals surface area (Å²) < 4.78 is 0. The predicted molar refractivity (Wildman–Crippen MR) is 97.3 cm³/mol. The van der Waals surface area contributed by atoms with Crippen LogP contribution in [0, 0.1) is 12.3 Å². The van der Waals surface area contributed by atoms with Gasteiger partial charge in [-0.25, -0.2) is 4.98 Å². The van der Waals surface area contributed by atoms with Crippen LogP contribution in [0.2, 0.25) is 0 Å². The first-order valence-corrected chi connectivity index (χ1v) is 9.08. The van der Waals surface area contributed by atoms with Gasteiger partial charge < -0.3 is 10.1 Å². The molecule has 2 heterocycles. The highest BCUT2D eigenvalue weighted by Gasteiger charge is 2.40. The lowest BCUT2D eigenvalue weighted by Gasteiger charge is -2.39. The number of carbonyl (C=O) groups is 1. The van der Waals surface area contributed by atoms with Crippen molar-refractivity contribution < 1.29 is 9.90 Å². The Morgan fingerprint density at radius 2 is 2.00 bits per heavy atom. The molecule has 2 aromatic rings. The van der Waals surface area contributed by atoms with Crippen molar-refractivity contribution in [1.29, 1.82) is 0 Å². The van der Waals surface area contributed by atoms with Gasteiger partial charge in [0.15, 0.2) is 0 Å². The van der Waals surface area contributed by atoms with Crippen molar-refractivity contribution in [3.8, 4) is 0 Å². The van der Waals surface area contributed by atoms with Crippen LogP contribution in [0.15, 0.2) is 36.7 Å². The number of aromatic amines is 1. The van der Waals surface area contributed by atoms with E-state index in [-0.39, 0.29) is 0 Å². The third-order valence-electron chi connectivity index (χ3n) is 5.54. The number of nitrogens with one attached hydrogen (secondary N) is 1. The number of hydrogen-bond donors (Lipinski definition) is 2. The molecule has 1 aromatic carbocycles. The molecule has 1 fully saturated rings. The number of H-pyrrole nitrogens is 1. The van der Waals surface area contributed by atoms with Gasteiger partial charge >= 0.3 is 5.97 Å². The fourth-order valence-electron chi connectivity index (χ4n) is 3.74. The number of carboxylic acid groups (broad SMARTS) is 1. The lowest BCUT2D eigenvalue weighted by Crippen LogP contribution is -2.44. The van der Waals surface area contributed by atoms with E-state index in [0.717, 1.165) is 63.1 Å². The summed E-state index contributed by atoms with van der Waals surface area (Å²) in [6.07, 6.45) is 5.80. The number of hydrogen-bond acceptors (Lipinski definition) is 3. The molecule has 0 saturated carbocycles. The molecule has 1 aliphatic rings. The molecule has 0 aliphatic carbocycles. The quantitative estimate of drug-likeness (QED) is 0.810. The number of aryl methyl sites for hydroxylation is 2. The summed E-state index contributed by atoms with van der Waals surface area (Å²) in [5.74, 6) is -0.629. The number of carboxylic acids is 1. The first-order chi connectivity index (χ1) is 12.1. The van der Waals surface area contributed by atoms with Crippen molar-refractivity contribution in [2.45, 2.75) is 45.6 Å². The summed E-state index contributed by atoms with van der Waals surface area (Å²) in [5.41, 5.74) is 2.88. The summed E-state index contributed by atoms with van der Waals surface area (Å²) in [5, 5.41) is 9.84. The molecule has 0 amide bonds. The second-order valence-corrected chi connectivity index (χ2v) is 7.18. The smallest absolute Gasteiger partial charge is 0.309 e. The minimum atomic E-state index is -0.629. The number of piperidine rings is 1. The number of benzene rings is 1. The number of imidazole rings is 1. The third-order valence-corrected chi connectivity index (χ3v) is 5.54. The average Bonchev–Trinajstić information content (AvgIpc) is 3.02. The van der Waals surface area contributed by atoms with E-state index < -0.39 is 11.4 Å². The van der Waals surface area contributed by atoms with Crippen molar-refractivity contribution in [2.24, 2.45) is 5.41 Å². The number of nitrogens with zero attached hydrogens (tertiary/aromatic N) is 2. The Balaban J connectivity index is 1.53. The Bertz CT molecular complexity index is 688. The first-order valence-electron chi connectivity index (χ1n) is 9.08. The zero-order valence-corrected chi connectivity index (χ0v) is 14.9. The van der Waals surface area contributed by atoms with Crippen LogP contribution >= 0.6 is 0 Å². The molecule has 0 spiro atoms. The number of rotatable bonds is 7. The largest absolute Gasteiger partial charge is 0.481 e. The topological polar surface area (TPSA) is 69.2 Å². The summed E-state index contributed by atoms with van der Waals surface area (Å²) in [7, 11) is 0. The van der Waals surface area contributed by atoms with Crippen LogP contribution in [0.5, 0.6) is 0 Å². The van der Waals surface area contributed by atoms with Crippen LogP contribution in [0.3, 0.4) is 0 Å². The Labute approximate surface area is 149 Å². The van der Waals surface area contributed by atoms with Crippen molar-refractivity contribution in [3.63, 3.8) is 0 Å². The van der Waals surface area contributed by atoms with E-state index in [9.17, 15) is 9.90 Å². The molecule has 0 radical (unpaired) electrons. The van der Waals surface area contributed by atoms with Crippen LogP contribution < -0.4 is 0 Å². The van der Waals surface area contributed by atoms with Crippen molar-refractivity contribution in [1.82, 2.24) is 14.9 Å². The van der Waals surface area contributed by atoms with Crippen molar-refractivity contribution in [3.05, 3.63) is 53.6 Å². The van der Waals surface area contributed by atoms with Crippen LogP contribution in [0.4, 0.5) is 0 Å². The lowest BCUT2D eigenvalue weighted by atomic mass is 9.74. The van der Waals surface area contributed by atoms with Crippen molar-refractivity contribution in [2.75, 3.05) is 13.1 Å². The summed E-state index contributed by atoms with van der Waals surface area (Å²) in [6, 6.07) is 10.3. The van der Waals surface area contributed by atoms with Gasteiger partial charge in [0.25, 0.3) is 0 Å². The van der Waals surface area contributed by atoms with Crippen LogP contribution in [-0.4, -0.2) is 39.0 Å². The van der Waals surface area contributed by atoms with Gasteiger partial charge in [0, 0.05) is 12.2 Å². The molecule has 5 heteroatoms. The van der Waals surface area contributed by atoms with Gasteiger partial charge in [0.05, 0.1) is 17.4 Å². The standard InChI is InChI=1S/C20H27N3O2/c1-16-18(22-15-21-16)14-23-12-10-20(11-13-23,19(24)25)9-5-8-17-6-3-2-4-7-17/h2-4,6-7,15H,5,8-14H2,1H3,(H,21,22)(H,24,25). The van der Waals surface area contributed by atoms with Gasteiger partial charge in [0.2, 0.25) is 0 Å². The summed E-state index contributed by atoms with van der Waals surface area (Å²) in [4.78, 5) is 21.7. The van der Waals surface area contributed by atoms with Gasteiger partial charge in [0.1, 0.15) is 0 Å². The first kappa shape index (κ1) is 17.7. The molecule has 3 rings (SSSR count). The second-order valence-electron chi connectivity index (χ2n) is 7.18. The van der Waals surface area contributed by atoms with Gasteiger partial charge in [-0.05, 0) is 57.7 Å². The Kier molecular flexibility index (Phi) is 5.53. The maximum absolute atomic E-state index is 12.0. The van der Waals surface area contributed by atoms with E-state index >= 15 is 0 Å². The minimum Gasteiger partial charge on any atom is -0.481 e. The fraction of sp³-hybridized carbons (Fsp3) is 0.500. The Morgan fingerprint density at radius 1 is 1.28 bits per heavy atom. The monoisotopic (exact) mass is 341 g/mol. The number of aromatic nitrogens is 2. The molecule has 0 atom stereocenters. The van der Waals surface area contributed by atoms with E-state index in [1.54, 1.807) is 6.33 Å². The maximum atomic E-state index is 12.0. The molecule has 5 nitrogen and oxygen atoms in total. The predicted octanol–water partition coefficient (Wildman–Crippen LogP) is 3.41. The lowest BCUT2D eigenvalue weighted by molar-refractivity contribution is -0.152. The molecule has 25 heavy (non-hydrogen) atoms. The zero-order chi connectivity index (χ0) is 17.7. The highest BCUT2D eigenvalue weighted by molar-refractivity contribution is 5.74. The van der Waals surface area contributed by atoms with Crippen LogP contribution in [0.1, 0.15) is 42.6 Å². The molecular formula is C20H27N3O2. The average molecular weight is 341 g/mol. The highest BCUT2D eigenvalue weighted by atomic mass is 16.4. The molecule has 134 valence electrons. The number of aliphatic carboxylic acids is 1. The van der Waals surface area contributed by atoms with E-state index in [1.807, 2.05) is 25.1 Å². The summed E-state index contributed by atoms with van der Waals surface area (Å²) in [6.45, 7) is 4.47. The van der Waals surface area contributed by atoms with Crippen LogP contribution in [0.25, 0.3) is 0 Å². The molecule has 1 saturated heterocycles. The van der Waals surface area contributed by atoms with E-state index in [1.165, 1.54) is 5.56 Å². The van der Waals surface area contributed by atoms with Gasteiger partial charge in [-0.1, -0.05) is 30.3 Å². The van der Waals surface area contributed by atoms with Crippen molar-refractivity contribution >= 4 is 5.97 Å². The second kappa shape index (κ2) is 7.83. The zero-order valence-electron chi connectivity index (χ0n) is 14.9. The molecule has 1 aromatic heterocycles. The fourth-order valence-corrected chi connectivity index (χ4v) is 3.74. The van der Waals surface area contributed by atoms with Crippen LogP contribution in [-0.2, 0) is 17.8 Å².